The fourth-order valence-electron chi connectivity index (χ4n) is 3.68. The summed E-state index contributed by atoms with van der Waals surface area (Å²) in [6, 6.07) is 4.50. The Bertz CT molecular complexity index is 1040. The van der Waals surface area contributed by atoms with Crippen molar-refractivity contribution in [2.45, 2.75) is 50.4 Å². The van der Waals surface area contributed by atoms with Crippen LogP contribution in [0.4, 0.5) is 0 Å². The number of imidazole rings is 1. The van der Waals surface area contributed by atoms with Crippen LogP contribution in [-0.2, 0) is 19.1 Å². The number of ether oxygens (including phenoxy) is 1. The number of hydrogen-bond donors (Lipinski definition) is 3. The van der Waals surface area contributed by atoms with Crippen LogP contribution in [0.2, 0.25) is 10.3 Å². The summed E-state index contributed by atoms with van der Waals surface area (Å²) in [4.78, 5) is 40.8. The van der Waals surface area contributed by atoms with E-state index in [9.17, 15) is 29.7 Å². The van der Waals surface area contributed by atoms with Crippen LogP contribution in [0.5, 0.6) is 0 Å². The minimum atomic E-state index is -2.94. The number of aliphatic hydroxyl groups excluding tert-OH is 1. The number of halogens is 2. The third-order valence-electron chi connectivity index (χ3n) is 5.25. The number of fused-ring (bicyclic) bond motifs is 1. The quantitative estimate of drug-likeness (QED) is 0.615. The van der Waals surface area contributed by atoms with Crippen LogP contribution in [0.3, 0.4) is 0 Å². The van der Waals surface area contributed by atoms with E-state index in [1.807, 2.05) is 0 Å². The lowest BCUT2D eigenvalue weighted by Crippen LogP contribution is -2.67. The molecule has 29 heavy (non-hydrogen) atoms. The Morgan fingerprint density at radius 1 is 1.14 bits per heavy atom. The van der Waals surface area contributed by atoms with Gasteiger partial charge in [-0.15, -0.1) is 0 Å². The zero-order chi connectivity index (χ0) is 21.9. The number of rotatable bonds is 5. The first kappa shape index (κ1) is 21.8. The molecule has 1 aliphatic rings. The summed E-state index contributed by atoms with van der Waals surface area (Å²) in [6.45, 7) is 2.85. The van der Waals surface area contributed by atoms with Gasteiger partial charge in [-0.2, -0.15) is 0 Å². The number of aromatic nitrogens is 2. The zero-order valence-electron chi connectivity index (χ0n) is 15.6. The molecule has 156 valence electrons. The Morgan fingerprint density at radius 3 is 2.24 bits per heavy atom. The Hall–Kier alpha value is -1.88. The lowest BCUT2D eigenvalue weighted by molar-refractivity contribution is -0.184. The van der Waals surface area contributed by atoms with Crippen LogP contribution in [0.1, 0.15) is 27.0 Å². The van der Waals surface area contributed by atoms with Gasteiger partial charge in [-0.05, 0) is 50.6 Å². The number of hydrogen-bond acceptors (Lipinski definition) is 8. The summed E-state index contributed by atoms with van der Waals surface area (Å²) < 4.78 is 6.67. The average Bonchev–Trinajstić information content (AvgIpc) is 3.07. The van der Waals surface area contributed by atoms with Crippen LogP contribution in [0, 0.1) is 0 Å². The second-order valence-corrected chi connectivity index (χ2v) is 7.77. The standard InChI is InChI=1S/C18H18Cl2N2O7/c1-7(23)13(26)14-17(27,8(2)24)18(28,9(3)25)15(29-14)22-12-6-10(19)4-5-11(12)21-16(22)20/h4-6,13-15,26-28H,1-3H3/t13?,14-,15-,17-,18+/m1/s1. The van der Waals surface area contributed by atoms with Crippen LogP contribution >= 0.6 is 23.2 Å². The Kier molecular flexibility index (Phi) is 5.36. The van der Waals surface area contributed by atoms with Gasteiger partial charge in [-0.25, -0.2) is 4.98 Å². The van der Waals surface area contributed by atoms with Crippen molar-refractivity contribution in [3.05, 3.63) is 28.5 Å². The molecule has 1 saturated heterocycles. The largest absolute Gasteiger partial charge is 0.382 e. The van der Waals surface area contributed by atoms with Crippen LogP contribution in [0.25, 0.3) is 11.0 Å². The minimum absolute atomic E-state index is 0.232. The maximum absolute atomic E-state index is 12.5. The van der Waals surface area contributed by atoms with E-state index in [1.165, 1.54) is 12.1 Å². The fraction of sp³-hybridized carbons (Fsp3) is 0.444. The summed E-state index contributed by atoms with van der Waals surface area (Å²) in [5, 5.41) is 32.8. The third kappa shape index (κ3) is 2.92. The number of Topliss-reactive ketones (excluding diaryl/α,β-unsaturated/α-hetero) is 3. The molecular weight excluding hydrogens is 427 g/mol. The van der Waals surface area contributed by atoms with Crippen molar-refractivity contribution in [3.8, 4) is 0 Å². The molecule has 3 rings (SSSR count). The maximum Gasteiger partial charge on any atom is 0.206 e. The topological polar surface area (TPSA) is 139 Å². The van der Waals surface area contributed by atoms with E-state index in [0.717, 1.165) is 25.3 Å². The summed E-state index contributed by atoms with van der Waals surface area (Å²) in [6.07, 6.45) is -5.73. The second-order valence-electron chi connectivity index (χ2n) is 6.99. The molecule has 1 aromatic heterocycles. The molecule has 0 bridgehead atoms. The van der Waals surface area contributed by atoms with E-state index in [0.29, 0.717) is 5.52 Å². The van der Waals surface area contributed by atoms with Gasteiger partial charge in [0.05, 0.1) is 11.0 Å². The van der Waals surface area contributed by atoms with Gasteiger partial charge in [-0.1, -0.05) is 11.6 Å². The van der Waals surface area contributed by atoms with Crippen LogP contribution in [-0.4, -0.2) is 65.6 Å². The summed E-state index contributed by atoms with van der Waals surface area (Å²) in [7, 11) is 0. The number of carbonyl (C=O) groups excluding carboxylic acids is 3. The van der Waals surface area contributed by atoms with E-state index in [2.05, 4.69) is 4.98 Å². The van der Waals surface area contributed by atoms with Gasteiger partial charge in [-0.3, -0.25) is 19.0 Å². The molecule has 0 spiro atoms. The number of aliphatic hydroxyl groups is 3. The molecule has 1 fully saturated rings. The van der Waals surface area contributed by atoms with Gasteiger partial charge in [0.2, 0.25) is 10.9 Å². The maximum atomic E-state index is 12.5. The lowest BCUT2D eigenvalue weighted by Gasteiger charge is -2.38. The van der Waals surface area contributed by atoms with Gasteiger partial charge < -0.3 is 20.1 Å². The molecule has 9 nitrogen and oxygen atoms in total. The molecule has 2 heterocycles. The Balaban J connectivity index is 2.33. The van der Waals surface area contributed by atoms with E-state index in [-0.39, 0.29) is 15.8 Å². The van der Waals surface area contributed by atoms with Crippen molar-refractivity contribution in [1.29, 1.82) is 0 Å². The van der Waals surface area contributed by atoms with Crippen molar-refractivity contribution in [2.24, 2.45) is 0 Å². The molecule has 11 heteroatoms. The molecule has 5 atom stereocenters. The highest BCUT2D eigenvalue weighted by Crippen LogP contribution is 2.50. The molecular formula is C18H18Cl2N2O7. The normalized spacial score (nSPS) is 30.5. The van der Waals surface area contributed by atoms with E-state index >= 15 is 0 Å². The van der Waals surface area contributed by atoms with Crippen molar-refractivity contribution in [2.75, 3.05) is 0 Å². The molecule has 3 N–H and O–H groups in total. The first-order valence-electron chi connectivity index (χ1n) is 8.51. The van der Waals surface area contributed by atoms with Crippen molar-refractivity contribution in [1.82, 2.24) is 9.55 Å². The molecule has 1 aromatic carbocycles. The lowest BCUT2D eigenvalue weighted by atomic mass is 9.73. The molecule has 0 radical (unpaired) electrons. The summed E-state index contributed by atoms with van der Waals surface area (Å²) in [5.41, 5.74) is -5.26. The average molecular weight is 445 g/mol. The first-order chi connectivity index (χ1) is 13.4. The molecule has 0 amide bonds. The van der Waals surface area contributed by atoms with Crippen LogP contribution in [0.15, 0.2) is 18.2 Å². The number of benzene rings is 1. The van der Waals surface area contributed by atoms with Crippen molar-refractivity contribution < 1.29 is 34.4 Å². The van der Waals surface area contributed by atoms with Gasteiger partial charge >= 0.3 is 0 Å². The van der Waals surface area contributed by atoms with E-state index < -0.39 is 47.0 Å². The predicted octanol–water partition coefficient (Wildman–Crippen LogP) is 0.831. The Labute approximate surface area is 174 Å². The smallest absolute Gasteiger partial charge is 0.206 e. The van der Waals surface area contributed by atoms with Crippen molar-refractivity contribution >= 4 is 51.6 Å². The molecule has 1 aliphatic heterocycles. The van der Waals surface area contributed by atoms with Gasteiger partial charge in [0.15, 0.2) is 29.2 Å². The molecule has 2 aromatic rings. The highest BCUT2D eigenvalue weighted by molar-refractivity contribution is 6.31. The van der Waals surface area contributed by atoms with E-state index in [4.69, 9.17) is 27.9 Å². The first-order valence-corrected chi connectivity index (χ1v) is 9.26. The van der Waals surface area contributed by atoms with Gasteiger partial charge in [0.25, 0.3) is 0 Å². The highest BCUT2D eigenvalue weighted by atomic mass is 35.5. The SMILES string of the molecule is CC(=O)C(O)[C@H]1O[C@@H](n2c(Cl)nc3ccc(Cl)cc32)[C@@](O)(C(C)=O)[C@@]1(O)C(C)=O. The number of carbonyl (C=O) groups is 3. The van der Waals surface area contributed by atoms with Crippen LogP contribution < -0.4 is 0 Å². The predicted molar refractivity (Wildman–Crippen MR) is 102 cm³/mol. The van der Waals surface area contributed by atoms with E-state index in [1.54, 1.807) is 6.07 Å². The van der Waals surface area contributed by atoms with Gasteiger partial charge in [0.1, 0.15) is 12.2 Å². The fourth-order valence-corrected chi connectivity index (χ4v) is 4.11. The second kappa shape index (κ2) is 7.12. The molecule has 0 saturated carbocycles. The third-order valence-corrected chi connectivity index (χ3v) is 5.75. The monoisotopic (exact) mass is 444 g/mol. The number of nitrogens with zero attached hydrogens (tertiary/aromatic N) is 2. The molecule has 1 unspecified atom stereocenters. The Morgan fingerprint density at radius 2 is 1.72 bits per heavy atom. The minimum Gasteiger partial charge on any atom is -0.382 e. The summed E-state index contributed by atoms with van der Waals surface area (Å²) >= 11 is 12.2. The zero-order valence-corrected chi connectivity index (χ0v) is 17.1. The number of ketones is 3. The summed E-state index contributed by atoms with van der Waals surface area (Å²) in [5.74, 6) is -2.97. The van der Waals surface area contributed by atoms with Gasteiger partial charge in [0, 0.05) is 5.02 Å². The highest BCUT2D eigenvalue weighted by Gasteiger charge is 2.73. The molecule has 0 aliphatic carbocycles. The van der Waals surface area contributed by atoms with Crippen molar-refractivity contribution in [3.63, 3.8) is 0 Å².